The van der Waals surface area contributed by atoms with Crippen LogP contribution in [0.5, 0.6) is 0 Å². The Hall–Kier alpha value is -0.960. The molecule has 0 fully saturated rings. The van der Waals surface area contributed by atoms with E-state index >= 15 is 0 Å². The number of nitrogens with zero attached hydrogens (tertiary/aromatic N) is 1. The Bertz CT molecular complexity index is 312. The number of unbranched alkanes of at least 4 members (excludes halogenated alkanes) is 2. The van der Waals surface area contributed by atoms with Gasteiger partial charge in [0.15, 0.2) is 0 Å². The molecule has 0 aliphatic carbocycles. The highest BCUT2D eigenvalue weighted by Gasteiger charge is 2.27. The van der Waals surface area contributed by atoms with Crippen molar-refractivity contribution in [1.82, 2.24) is 4.98 Å². The largest absolute Gasteiger partial charge is 0.384 e. The van der Waals surface area contributed by atoms with Crippen LogP contribution in [-0.2, 0) is 5.60 Å². The van der Waals surface area contributed by atoms with Crippen LogP contribution in [0.25, 0.3) is 0 Å². The van der Waals surface area contributed by atoms with Gasteiger partial charge < -0.3 is 5.11 Å². The van der Waals surface area contributed by atoms with Crippen molar-refractivity contribution in [2.24, 2.45) is 0 Å². The third kappa shape index (κ3) is 3.27. The molecule has 0 spiro atoms. The summed E-state index contributed by atoms with van der Waals surface area (Å²) in [5.74, 6) is -0.365. The smallest absolute Gasteiger partial charge is 0.141 e. The maximum atomic E-state index is 12.7. The minimum Gasteiger partial charge on any atom is -0.384 e. The second kappa shape index (κ2) is 5.94. The van der Waals surface area contributed by atoms with Gasteiger partial charge in [-0.15, -0.1) is 0 Å². The molecule has 0 aromatic carbocycles. The standard InChI is InChI=1S/C13H20FNO/c1-3-5-6-9-13(16,4-2)12-8-7-11(14)10-15-12/h7-8,10,16H,3-6,9H2,1-2H3. The first kappa shape index (κ1) is 13.1. The van der Waals surface area contributed by atoms with Gasteiger partial charge in [0.2, 0.25) is 0 Å². The summed E-state index contributed by atoms with van der Waals surface area (Å²) in [6.45, 7) is 4.05. The van der Waals surface area contributed by atoms with Gasteiger partial charge in [0.1, 0.15) is 11.4 Å². The van der Waals surface area contributed by atoms with E-state index in [1.54, 1.807) is 6.07 Å². The van der Waals surface area contributed by atoms with Crippen molar-refractivity contribution in [2.75, 3.05) is 0 Å². The molecule has 1 atom stereocenters. The lowest BCUT2D eigenvalue weighted by atomic mass is 9.89. The quantitative estimate of drug-likeness (QED) is 0.753. The summed E-state index contributed by atoms with van der Waals surface area (Å²) < 4.78 is 12.7. The molecule has 0 aliphatic heterocycles. The Morgan fingerprint density at radius 1 is 1.31 bits per heavy atom. The average Bonchev–Trinajstić information content (AvgIpc) is 2.30. The molecule has 90 valence electrons. The fraction of sp³-hybridized carbons (Fsp3) is 0.615. The molecule has 0 radical (unpaired) electrons. The second-order valence-electron chi connectivity index (χ2n) is 4.20. The van der Waals surface area contributed by atoms with E-state index in [9.17, 15) is 9.50 Å². The van der Waals surface area contributed by atoms with Crippen molar-refractivity contribution in [1.29, 1.82) is 0 Å². The molecule has 0 amide bonds. The predicted molar refractivity (Wildman–Crippen MR) is 62.5 cm³/mol. The number of aliphatic hydroxyl groups is 1. The Morgan fingerprint density at radius 2 is 2.06 bits per heavy atom. The molecular formula is C13H20FNO. The minimum atomic E-state index is -0.900. The van der Waals surface area contributed by atoms with Gasteiger partial charge in [0.25, 0.3) is 0 Å². The summed E-state index contributed by atoms with van der Waals surface area (Å²) in [6, 6.07) is 2.92. The van der Waals surface area contributed by atoms with E-state index in [-0.39, 0.29) is 5.82 Å². The zero-order chi connectivity index (χ0) is 12.0. The van der Waals surface area contributed by atoms with E-state index in [1.165, 1.54) is 6.07 Å². The van der Waals surface area contributed by atoms with Crippen LogP contribution >= 0.6 is 0 Å². The summed E-state index contributed by atoms with van der Waals surface area (Å²) in [6.07, 6.45) is 5.65. The lowest BCUT2D eigenvalue weighted by Gasteiger charge is -2.26. The molecule has 0 saturated carbocycles. The van der Waals surface area contributed by atoms with Crippen LogP contribution in [0.2, 0.25) is 0 Å². The highest BCUT2D eigenvalue weighted by Crippen LogP contribution is 2.29. The number of hydrogen-bond acceptors (Lipinski definition) is 2. The molecule has 0 bridgehead atoms. The van der Waals surface area contributed by atoms with Crippen molar-refractivity contribution in [3.8, 4) is 0 Å². The first-order valence-corrected chi connectivity index (χ1v) is 5.97. The molecule has 1 unspecified atom stereocenters. The van der Waals surface area contributed by atoms with Crippen molar-refractivity contribution in [3.63, 3.8) is 0 Å². The van der Waals surface area contributed by atoms with Gasteiger partial charge >= 0.3 is 0 Å². The topological polar surface area (TPSA) is 33.1 Å². The van der Waals surface area contributed by atoms with Crippen LogP contribution in [0.3, 0.4) is 0 Å². The summed E-state index contributed by atoms with van der Waals surface area (Å²) >= 11 is 0. The third-order valence-electron chi connectivity index (χ3n) is 2.98. The predicted octanol–water partition coefficient (Wildman–Crippen LogP) is 3.40. The number of halogens is 1. The lowest BCUT2D eigenvalue weighted by molar-refractivity contribution is 0.0164. The number of hydrogen-bond donors (Lipinski definition) is 1. The fourth-order valence-corrected chi connectivity index (χ4v) is 1.80. The summed E-state index contributed by atoms with van der Waals surface area (Å²) in [5, 5.41) is 10.4. The van der Waals surface area contributed by atoms with Gasteiger partial charge in [0, 0.05) is 0 Å². The average molecular weight is 225 g/mol. The first-order valence-electron chi connectivity index (χ1n) is 5.97. The molecule has 1 N–H and O–H groups in total. The summed E-state index contributed by atoms with van der Waals surface area (Å²) in [5.41, 5.74) is -0.324. The lowest BCUT2D eigenvalue weighted by Crippen LogP contribution is -2.26. The van der Waals surface area contributed by atoms with Crippen molar-refractivity contribution >= 4 is 0 Å². The molecule has 3 heteroatoms. The monoisotopic (exact) mass is 225 g/mol. The molecule has 1 heterocycles. The van der Waals surface area contributed by atoms with Gasteiger partial charge in [0.05, 0.1) is 11.9 Å². The van der Waals surface area contributed by atoms with Crippen LogP contribution in [-0.4, -0.2) is 10.1 Å². The molecule has 16 heavy (non-hydrogen) atoms. The maximum Gasteiger partial charge on any atom is 0.141 e. The van der Waals surface area contributed by atoms with Gasteiger partial charge in [-0.1, -0.05) is 33.1 Å². The van der Waals surface area contributed by atoms with Gasteiger partial charge in [-0.05, 0) is 25.0 Å². The van der Waals surface area contributed by atoms with Crippen LogP contribution in [0, 0.1) is 5.82 Å². The number of pyridine rings is 1. The van der Waals surface area contributed by atoms with Crippen molar-refractivity contribution in [2.45, 2.75) is 51.6 Å². The number of aromatic nitrogens is 1. The second-order valence-corrected chi connectivity index (χ2v) is 4.20. The molecular weight excluding hydrogens is 205 g/mol. The van der Waals surface area contributed by atoms with Gasteiger partial charge in [-0.25, -0.2) is 4.39 Å². The molecule has 1 aromatic heterocycles. The van der Waals surface area contributed by atoms with Crippen LogP contribution in [0.4, 0.5) is 4.39 Å². The van der Waals surface area contributed by atoms with E-state index < -0.39 is 5.60 Å². The highest BCUT2D eigenvalue weighted by molar-refractivity contribution is 5.13. The van der Waals surface area contributed by atoms with Gasteiger partial charge in [-0.2, -0.15) is 0 Å². The molecule has 0 aliphatic rings. The Balaban J connectivity index is 2.74. The SMILES string of the molecule is CCCCCC(O)(CC)c1ccc(F)cn1. The van der Waals surface area contributed by atoms with Crippen molar-refractivity contribution < 1.29 is 9.50 Å². The Kier molecular flexibility index (Phi) is 4.87. The zero-order valence-electron chi connectivity index (χ0n) is 10.0. The Labute approximate surface area is 96.5 Å². The van der Waals surface area contributed by atoms with E-state index in [0.29, 0.717) is 18.5 Å². The van der Waals surface area contributed by atoms with Crippen molar-refractivity contribution in [3.05, 3.63) is 29.8 Å². The van der Waals surface area contributed by atoms with E-state index in [1.807, 2.05) is 6.92 Å². The van der Waals surface area contributed by atoms with Crippen LogP contribution < -0.4 is 0 Å². The number of rotatable bonds is 6. The third-order valence-corrected chi connectivity index (χ3v) is 2.98. The van der Waals surface area contributed by atoms with E-state index in [0.717, 1.165) is 25.5 Å². The zero-order valence-corrected chi connectivity index (χ0v) is 10.0. The Morgan fingerprint density at radius 3 is 2.56 bits per heavy atom. The first-order chi connectivity index (χ1) is 7.62. The fourth-order valence-electron chi connectivity index (χ4n) is 1.80. The van der Waals surface area contributed by atoms with Crippen LogP contribution in [0.15, 0.2) is 18.3 Å². The molecule has 0 saturated heterocycles. The highest BCUT2D eigenvalue weighted by atomic mass is 19.1. The van der Waals surface area contributed by atoms with Crippen LogP contribution in [0.1, 0.15) is 51.6 Å². The summed E-state index contributed by atoms with van der Waals surface area (Å²) in [4.78, 5) is 3.97. The minimum absolute atomic E-state index is 0.365. The van der Waals surface area contributed by atoms with E-state index in [2.05, 4.69) is 11.9 Å². The summed E-state index contributed by atoms with van der Waals surface area (Å²) in [7, 11) is 0. The van der Waals surface area contributed by atoms with Gasteiger partial charge in [-0.3, -0.25) is 4.98 Å². The molecule has 1 rings (SSSR count). The maximum absolute atomic E-state index is 12.7. The normalized spacial score (nSPS) is 14.8. The molecule has 2 nitrogen and oxygen atoms in total. The molecule has 1 aromatic rings. The van der Waals surface area contributed by atoms with E-state index in [4.69, 9.17) is 0 Å².